The molecule has 2 aliphatic heterocycles. The Morgan fingerprint density at radius 2 is 1.80 bits per heavy atom. The van der Waals surface area contributed by atoms with Crippen LogP contribution in [0, 0.1) is 17.8 Å². The number of rotatable bonds is 5. The second-order valence-corrected chi connectivity index (χ2v) is 7.92. The van der Waals surface area contributed by atoms with Gasteiger partial charge < -0.3 is 15.0 Å². The third-order valence-electron chi connectivity index (χ3n) is 5.84. The van der Waals surface area contributed by atoms with Crippen LogP contribution in [0.4, 0.5) is 0 Å². The first-order valence-corrected chi connectivity index (χ1v) is 10.1. The van der Waals surface area contributed by atoms with E-state index in [0.29, 0.717) is 5.92 Å². The lowest BCUT2D eigenvalue weighted by atomic mass is 9.82. The van der Waals surface area contributed by atoms with E-state index in [1.54, 1.807) is 0 Å². The molecule has 3 fully saturated rings. The van der Waals surface area contributed by atoms with Crippen molar-refractivity contribution in [2.75, 3.05) is 59.0 Å². The Morgan fingerprint density at radius 3 is 2.40 bits per heavy atom. The Bertz CT molecular complexity index is 400. The van der Waals surface area contributed by atoms with Gasteiger partial charge in [0.15, 0.2) is 5.96 Å². The molecule has 3 aliphatic rings. The van der Waals surface area contributed by atoms with Crippen LogP contribution in [-0.2, 0) is 4.74 Å². The van der Waals surface area contributed by atoms with E-state index in [4.69, 9.17) is 9.73 Å². The summed E-state index contributed by atoms with van der Waals surface area (Å²) in [6.45, 7) is 13.9. The van der Waals surface area contributed by atoms with E-state index in [1.165, 1.54) is 38.8 Å². The zero-order valence-electron chi connectivity index (χ0n) is 16.1. The van der Waals surface area contributed by atoms with E-state index in [9.17, 15) is 0 Å². The number of hydrogen-bond donors (Lipinski definition) is 1. The molecule has 1 aliphatic carbocycles. The molecule has 3 rings (SSSR count). The Morgan fingerprint density at radius 1 is 1.16 bits per heavy atom. The predicted molar refractivity (Wildman–Crippen MR) is 115 cm³/mol. The van der Waals surface area contributed by atoms with Crippen LogP contribution in [-0.4, -0.2) is 74.8 Å². The van der Waals surface area contributed by atoms with Crippen molar-refractivity contribution in [1.82, 2.24) is 15.1 Å². The zero-order chi connectivity index (χ0) is 16.8. The Kier molecular flexibility index (Phi) is 9.27. The number of nitrogens with one attached hydrogen (secondary N) is 1. The van der Waals surface area contributed by atoms with Crippen LogP contribution in [0.15, 0.2) is 4.99 Å². The van der Waals surface area contributed by atoms with E-state index in [2.05, 4.69) is 29.0 Å². The van der Waals surface area contributed by atoms with Crippen molar-refractivity contribution in [3.05, 3.63) is 0 Å². The summed E-state index contributed by atoms with van der Waals surface area (Å²) in [5.41, 5.74) is 0. The monoisotopic (exact) mass is 464 g/mol. The third-order valence-corrected chi connectivity index (χ3v) is 5.84. The van der Waals surface area contributed by atoms with Gasteiger partial charge in [0.1, 0.15) is 0 Å². The maximum Gasteiger partial charge on any atom is 0.193 e. The topological polar surface area (TPSA) is 40.1 Å². The van der Waals surface area contributed by atoms with Gasteiger partial charge in [0.2, 0.25) is 0 Å². The first-order chi connectivity index (χ1) is 11.8. The molecule has 1 saturated carbocycles. The molecule has 3 unspecified atom stereocenters. The number of nitrogens with zero attached hydrogens (tertiary/aromatic N) is 3. The molecular weight excluding hydrogens is 427 g/mol. The van der Waals surface area contributed by atoms with Crippen LogP contribution in [0.25, 0.3) is 0 Å². The number of halogens is 1. The van der Waals surface area contributed by atoms with Gasteiger partial charge in [-0.2, -0.15) is 0 Å². The smallest absolute Gasteiger partial charge is 0.193 e. The molecule has 0 aromatic heterocycles. The number of guanidine groups is 1. The molecule has 0 bridgehead atoms. The van der Waals surface area contributed by atoms with Crippen LogP contribution in [0.5, 0.6) is 0 Å². The minimum Gasteiger partial charge on any atom is -0.379 e. The average molecular weight is 464 g/mol. The number of likely N-dealkylation sites (tertiary alicyclic amines) is 1. The third kappa shape index (κ3) is 6.24. The van der Waals surface area contributed by atoms with E-state index in [0.717, 1.165) is 63.7 Å². The lowest BCUT2D eigenvalue weighted by Crippen LogP contribution is -2.41. The van der Waals surface area contributed by atoms with E-state index >= 15 is 0 Å². The predicted octanol–water partition coefficient (Wildman–Crippen LogP) is 2.66. The highest BCUT2D eigenvalue weighted by Gasteiger charge is 2.35. The van der Waals surface area contributed by atoms with Crippen molar-refractivity contribution in [3.8, 4) is 0 Å². The fourth-order valence-corrected chi connectivity index (χ4v) is 4.53. The second kappa shape index (κ2) is 10.9. The molecular formula is C19H37IN4O. The first-order valence-electron chi connectivity index (χ1n) is 10.1. The van der Waals surface area contributed by atoms with Gasteiger partial charge in [-0.1, -0.05) is 19.8 Å². The van der Waals surface area contributed by atoms with Crippen LogP contribution in [0.2, 0.25) is 0 Å². The summed E-state index contributed by atoms with van der Waals surface area (Å²) in [6, 6.07) is 0. The van der Waals surface area contributed by atoms with Gasteiger partial charge in [0, 0.05) is 45.8 Å². The summed E-state index contributed by atoms with van der Waals surface area (Å²) in [7, 11) is 0. The maximum atomic E-state index is 5.44. The molecule has 6 heteroatoms. The molecule has 2 saturated heterocycles. The van der Waals surface area contributed by atoms with Crippen LogP contribution in [0.1, 0.15) is 39.5 Å². The average Bonchev–Trinajstić information content (AvgIpc) is 3.03. The van der Waals surface area contributed by atoms with Crippen molar-refractivity contribution >= 4 is 29.9 Å². The Labute approximate surface area is 171 Å². The highest BCUT2D eigenvalue weighted by atomic mass is 127. The standard InChI is InChI=1S/C19H36N4O.HI/c1-3-20-19(23-14-17-6-4-5-7-18(17)15-23)21-12-16(2)13-22-8-10-24-11-9-22;/h16-18H,3-15H2,1-2H3,(H,20,21);1H. The van der Waals surface area contributed by atoms with Gasteiger partial charge in [-0.25, -0.2) is 0 Å². The first kappa shape index (κ1) is 21.2. The molecule has 0 radical (unpaired) electrons. The molecule has 25 heavy (non-hydrogen) atoms. The molecule has 1 N–H and O–H groups in total. The summed E-state index contributed by atoms with van der Waals surface area (Å²) < 4.78 is 5.44. The van der Waals surface area contributed by atoms with Gasteiger partial charge in [-0.15, -0.1) is 24.0 Å². The number of ether oxygens (including phenoxy) is 1. The van der Waals surface area contributed by atoms with Crippen molar-refractivity contribution < 1.29 is 4.74 Å². The van der Waals surface area contributed by atoms with E-state index in [1.807, 2.05) is 0 Å². The summed E-state index contributed by atoms with van der Waals surface area (Å²) in [5, 5.41) is 3.54. The molecule has 5 nitrogen and oxygen atoms in total. The van der Waals surface area contributed by atoms with Gasteiger partial charge in [0.05, 0.1) is 13.2 Å². The lowest BCUT2D eigenvalue weighted by molar-refractivity contribution is 0.0323. The summed E-state index contributed by atoms with van der Waals surface area (Å²) in [5.74, 6) is 3.57. The van der Waals surface area contributed by atoms with Gasteiger partial charge in [0.25, 0.3) is 0 Å². The van der Waals surface area contributed by atoms with Crippen LogP contribution in [0.3, 0.4) is 0 Å². The number of hydrogen-bond acceptors (Lipinski definition) is 3. The number of morpholine rings is 1. The molecule has 0 spiro atoms. The molecule has 3 atom stereocenters. The highest BCUT2D eigenvalue weighted by molar-refractivity contribution is 14.0. The van der Waals surface area contributed by atoms with E-state index < -0.39 is 0 Å². The van der Waals surface area contributed by atoms with Crippen molar-refractivity contribution in [2.45, 2.75) is 39.5 Å². The van der Waals surface area contributed by atoms with Gasteiger partial charge in [-0.3, -0.25) is 9.89 Å². The van der Waals surface area contributed by atoms with E-state index in [-0.39, 0.29) is 24.0 Å². The fourth-order valence-electron chi connectivity index (χ4n) is 4.53. The lowest BCUT2D eigenvalue weighted by Gasteiger charge is -2.29. The van der Waals surface area contributed by atoms with Crippen LogP contribution < -0.4 is 5.32 Å². The normalized spacial score (nSPS) is 29.0. The molecule has 146 valence electrons. The summed E-state index contributed by atoms with van der Waals surface area (Å²) in [4.78, 5) is 10.0. The van der Waals surface area contributed by atoms with Gasteiger partial charge >= 0.3 is 0 Å². The number of fused-ring (bicyclic) bond motifs is 1. The fraction of sp³-hybridized carbons (Fsp3) is 0.947. The summed E-state index contributed by atoms with van der Waals surface area (Å²) >= 11 is 0. The molecule has 0 aromatic carbocycles. The van der Waals surface area contributed by atoms with Crippen molar-refractivity contribution in [2.24, 2.45) is 22.7 Å². The van der Waals surface area contributed by atoms with Crippen LogP contribution >= 0.6 is 24.0 Å². The summed E-state index contributed by atoms with van der Waals surface area (Å²) in [6.07, 6.45) is 5.71. The Hall–Kier alpha value is -0.0800. The van der Waals surface area contributed by atoms with Gasteiger partial charge in [-0.05, 0) is 37.5 Å². The SMILES string of the molecule is CCNC(=NCC(C)CN1CCOCC1)N1CC2CCCCC2C1.I. The highest BCUT2D eigenvalue weighted by Crippen LogP contribution is 2.35. The maximum absolute atomic E-state index is 5.44. The van der Waals surface area contributed by atoms with Crippen molar-refractivity contribution in [3.63, 3.8) is 0 Å². The molecule has 0 aromatic rings. The largest absolute Gasteiger partial charge is 0.379 e. The minimum absolute atomic E-state index is 0. The van der Waals surface area contributed by atoms with Crippen molar-refractivity contribution in [1.29, 1.82) is 0 Å². The molecule has 0 amide bonds. The quantitative estimate of drug-likeness (QED) is 0.386. The number of aliphatic imine (C=N–C) groups is 1. The Balaban J connectivity index is 0.00000225. The molecule has 2 heterocycles. The zero-order valence-corrected chi connectivity index (χ0v) is 18.4. The minimum atomic E-state index is 0. The second-order valence-electron chi connectivity index (χ2n) is 7.92.